The van der Waals surface area contributed by atoms with Crippen molar-refractivity contribution in [3.05, 3.63) is 69.8 Å². The first-order chi connectivity index (χ1) is 16.5. The molecular weight excluding hydrogens is 481 g/mol. The van der Waals surface area contributed by atoms with Crippen LogP contribution in [-0.4, -0.2) is 32.6 Å². The highest BCUT2D eigenvalue weighted by Crippen LogP contribution is 2.36. The molecule has 0 radical (unpaired) electrons. The Balaban J connectivity index is 1.54. The minimum Gasteiger partial charge on any atom is -0.350 e. The molecule has 1 aliphatic rings. The van der Waals surface area contributed by atoms with Gasteiger partial charge in [0.05, 0.1) is 21.8 Å². The van der Waals surface area contributed by atoms with Gasteiger partial charge in [-0.3, -0.25) is 0 Å². The van der Waals surface area contributed by atoms with E-state index in [0.29, 0.717) is 45.1 Å². The van der Waals surface area contributed by atoms with E-state index in [9.17, 15) is 8.78 Å². The molecule has 0 aliphatic carbocycles. The first kappa shape index (κ1) is 23.0. The van der Waals surface area contributed by atoms with Crippen LogP contribution in [0.25, 0.3) is 22.6 Å². The predicted octanol–water partition coefficient (Wildman–Crippen LogP) is 5.69. The van der Waals surface area contributed by atoms with Crippen molar-refractivity contribution in [1.82, 2.24) is 24.8 Å². The van der Waals surface area contributed by atoms with Crippen molar-refractivity contribution in [2.24, 2.45) is 5.92 Å². The Morgan fingerprint density at radius 3 is 2.71 bits per heavy atom. The number of hydrogen-bond donors (Lipinski definition) is 2. The van der Waals surface area contributed by atoms with Crippen molar-refractivity contribution in [2.75, 3.05) is 18.4 Å². The molecule has 1 fully saturated rings. The molecule has 2 aromatic carbocycles. The van der Waals surface area contributed by atoms with E-state index >= 15 is 0 Å². The van der Waals surface area contributed by atoms with E-state index in [-0.39, 0.29) is 18.1 Å². The molecule has 176 valence electrons. The SMILES string of the molecule is Fc1ccc(F)c(CNc2ncc3nc(-c4c(Cl)cccc4Cl)n(CC4CCCNC4)c3n2)c1. The molecule has 0 amide bonds. The Bertz CT molecular complexity index is 1320. The van der Waals surface area contributed by atoms with Crippen molar-refractivity contribution in [2.45, 2.75) is 25.9 Å². The molecule has 0 bridgehead atoms. The van der Waals surface area contributed by atoms with Crippen LogP contribution in [0.3, 0.4) is 0 Å². The van der Waals surface area contributed by atoms with Crippen molar-refractivity contribution < 1.29 is 8.78 Å². The molecular formula is C24H22Cl2F2N6. The van der Waals surface area contributed by atoms with Crippen molar-refractivity contribution in [1.29, 1.82) is 0 Å². The number of halogens is 4. The Kier molecular flexibility index (Phi) is 6.63. The van der Waals surface area contributed by atoms with Gasteiger partial charge >= 0.3 is 0 Å². The summed E-state index contributed by atoms with van der Waals surface area (Å²) in [4.78, 5) is 13.8. The largest absolute Gasteiger partial charge is 0.350 e. The molecule has 1 atom stereocenters. The second kappa shape index (κ2) is 9.82. The highest BCUT2D eigenvalue weighted by Gasteiger charge is 2.23. The number of anilines is 1. The summed E-state index contributed by atoms with van der Waals surface area (Å²) >= 11 is 13.0. The molecule has 3 heterocycles. The maximum absolute atomic E-state index is 14.0. The summed E-state index contributed by atoms with van der Waals surface area (Å²) in [6.07, 6.45) is 3.79. The van der Waals surface area contributed by atoms with E-state index in [1.165, 1.54) is 0 Å². The van der Waals surface area contributed by atoms with Gasteiger partial charge < -0.3 is 15.2 Å². The van der Waals surface area contributed by atoms with E-state index in [1.54, 1.807) is 24.4 Å². The highest BCUT2D eigenvalue weighted by molar-refractivity contribution is 6.39. The lowest BCUT2D eigenvalue weighted by atomic mass is 9.99. The summed E-state index contributed by atoms with van der Waals surface area (Å²) in [6.45, 7) is 2.62. The Hall–Kier alpha value is -2.81. The Morgan fingerprint density at radius 1 is 1.12 bits per heavy atom. The first-order valence-corrected chi connectivity index (χ1v) is 11.8. The Labute approximate surface area is 205 Å². The molecule has 0 saturated carbocycles. The molecule has 6 nitrogen and oxygen atoms in total. The number of aromatic nitrogens is 4. The molecule has 2 N–H and O–H groups in total. The summed E-state index contributed by atoms with van der Waals surface area (Å²) in [5.74, 6) is 0.295. The van der Waals surface area contributed by atoms with Gasteiger partial charge in [-0.05, 0) is 62.2 Å². The fourth-order valence-corrected chi connectivity index (χ4v) is 4.84. The van der Waals surface area contributed by atoms with Gasteiger partial charge in [-0.15, -0.1) is 0 Å². The van der Waals surface area contributed by atoms with E-state index < -0.39 is 11.6 Å². The average Bonchev–Trinajstić information content (AvgIpc) is 3.17. The predicted molar refractivity (Wildman–Crippen MR) is 130 cm³/mol. The zero-order chi connectivity index (χ0) is 23.7. The third kappa shape index (κ3) is 4.71. The van der Waals surface area contributed by atoms with Crippen LogP contribution in [0.5, 0.6) is 0 Å². The fraction of sp³-hybridized carbons (Fsp3) is 0.292. The summed E-state index contributed by atoms with van der Waals surface area (Å²) in [5, 5.41) is 7.43. The second-order valence-electron chi connectivity index (χ2n) is 8.35. The molecule has 1 aliphatic heterocycles. The molecule has 1 unspecified atom stereocenters. The number of benzene rings is 2. The number of hydrogen-bond acceptors (Lipinski definition) is 5. The number of fused-ring (bicyclic) bond motifs is 1. The number of imidazole rings is 1. The van der Waals surface area contributed by atoms with Gasteiger partial charge in [0.2, 0.25) is 5.95 Å². The molecule has 2 aromatic heterocycles. The molecule has 0 spiro atoms. The summed E-state index contributed by atoms with van der Waals surface area (Å²) in [6, 6.07) is 8.69. The summed E-state index contributed by atoms with van der Waals surface area (Å²) in [5.41, 5.74) is 2.05. The molecule has 5 rings (SSSR count). The minimum atomic E-state index is -0.505. The monoisotopic (exact) mass is 502 g/mol. The lowest BCUT2D eigenvalue weighted by Gasteiger charge is -2.24. The quantitative estimate of drug-likeness (QED) is 0.354. The molecule has 4 aromatic rings. The summed E-state index contributed by atoms with van der Waals surface area (Å²) < 4.78 is 29.6. The van der Waals surface area contributed by atoms with Crippen molar-refractivity contribution in [3.8, 4) is 11.4 Å². The highest BCUT2D eigenvalue weighted by atomic mass is 35.5. The zero-order valence-electron chi connectivity index (χ0n) is 18.2. The lowest BCUT2D eigenvalue weighted by Crippen LogP contribution is -2.32. The maximum atomic E-state index is 14.0. The van der Waals surface area contributed by atoms with Crippen LogP contribution in [-0.2, 0) is 13.1 Å². The smallest absolute Gasteiger partial charge is 0.225 e. The number of piperidine rings is 1. The van der Waals surface area contributed by atoms with Crippen molar-refractivity contribution in [3.63, 3.8) is 0 Å². The van der Waals surface area contributed by atoms with Gasteiger partial charge in [0.25, 0.3) is 0 Å². The van der Waals surface area contributed by atoms with Crippen LogP contribution >= 0.6 is 23.2 Å². The van der Waals surface area contributed by atoms with Gasteiger partial charge in [0.15, 0.2) is 5.65 Å². The van der Waals surface area contributed by atoms with E-state index in [2.05, 4.69) is 20.6 Å². The van der Waals surface area contributed by atoms with Gasteiger partial charge in [-0.25, -0.2) is 18.7 Å². The lowest BCUT2D eigenvalue weighted by molar-refractivity contribution is 0.341. The first-order valence-electron chi connectivity index (χ1n) is 11.1. The molecule has 34 heavy (non-hydrogen) atoms. The van der Waals surface area contributed by atoms with Crippen molar-refractivity contribution >= 4 is 40.3 Å². The second-order valence-corrected chi connectivity index (χ2v) is 9.16. The van der Waals surface area contributed by atoms with Gasteiger partial charge in [-0.1, -0.05) is 29.3 Å². The molecule has 1 saturated heterocycles. The fourth-order valence-electron chi connectivity index (χ4n) is 4.27. The number of rotatable bonds is 6. The van der Waals surface area contributed by atoms with Gasteiger partial charge in [-0.2, -0.15) is 4.98 Å². The van der Waals surface area contributed by atoms with E-state index in [4.69, 9.17) is 28.2 Å². The summed E-state index contributed by atoms with van der Waals surface area (Å²) in [7, 11) is 0. The van der Waals surface area contributed by atoms with Crippen LogP contribution in [0.2, 0.25) is 10.0 Å². The normalized spacial score (nSPS) is 16.2. The van der Waals surface area contributed by atoms with Crippen LogP contribution in [0.4, 0.5) is 14.7 Å². The minimum absolute atomic E-state index is 0.0407. The van der Waals surface area contributed by atoms with E-state index in [1.807, 2.05) is 4.57 Å². The number of nitrogens with zero attached hydrogens (tertiary/aromatic N) is 4. The van der Waals surface area contributed by atoms with Crippen LogP contribution in [0.1, 0.15) is 18.4 Å². The topological polar surface area (TPSA) is 67.7 Å². The van der Waals surface area contributed by atoms with Crippen LogP contribution in [0, 0.1) is 17.6 Å². The Morgan fingerprint density at radius 2 is 1.94 bits per heavy atom. The zero-order valence-corrected chi connectivity index (χ0v) is 19.7. The standard InChI is InChI=1S/C24H22Cl2F2N6/c25-17-4-1-5-18(26)21(17)23-32-20-12-31-24(30-11-15-9-16(27)6-7-19(15)28)33-22(20)34(23)13-14-3-2-8-29-10-14/h1,4-7,9,12,14,29H,2-3,8,10-11,13H2,(H,30,31,33). The third-order valence-corrected chi connectivity index (χ3v) is 6.59. The van der Waals surface area contributed by atoms with Gasteiger partial charge in [0.1, 0.15) is 23.0 Å². The van der Waals surface area contributed by atoms with Gasteiger partial charge in [0, 0.05) is 18.7 Å². The number of nitrogens with one attached hydrogen (secondary N) is 2. The van der Waals surface area contributed by atoms with E-state index in [0.717, 1.165) is 44.1 Å². The van der Waals surface area contributed by atoms with Crippen LogP contribution < -0.4 is 10.6 Å². The van der Waals surface area contributed by atoms with Crippen LogP contribution in [0.15, 0.2) is 42.6 Å². The average molecular weight is 503 g/mol. The maximum Gasteiger partial charge on any atom is 0.225 e. The third-order valence-electron chi connectivity index (χ3n) is 5.96. The molecule has 10 heteroatoms.